The van der Waals surface area contributed by atoms with Crippen molar-refractivity contribution in [2.24, 2.45) is 0 Å². The van der Waals surface area contributed by atoms with E-state index in [9.17, 15) is 9.18 Å². The minimum Gasteiger partial charge on any atom is -0.280 e. The minimum absolute atomic E-state index is 0.170. The van der Waals surface area contributed by atoms with Crippen molar-refractivity contribution in [3.05, 3.63) is 45.1 Å². The fourth-order valence-electron chi connectivity index (χ4n) is 1.82. The number of hydrogen-bond acceptors (Lipinski definition) is 2. The summed E-state index contributed by atoms with van der Waals surface area (Å²) in [5, 5.41) is 0.363. The van der Waals surface area contributed by atoms with E-state index in [-0.39, 0.29) is 16.0 Å². The minimum atomic E-state index is -0.356. The predicted molar refractivity (Wildman–Crippen MR) is 64.5 cm³/mol. The topological polar surface area (TPSA) is 17.1 Å². The van der Waals surface area contributed by atoms with Crippen molar-refractivity contribution in [1.82, 2.24) is 0 Å². The molecule has 0 saturated heterocycles. The molecule has 0 N–H and O–H groups in total. The molecule has 1 aliphatic carbocycles. The van der Waals surface area contributed by atoms with Crippen LogP contribution in [-0.2, 0) is 4.79 Å². The SMILES string of the molecule is O=C1SC2=C(Cl)c3cc(F)ccc3C2=C1Cl. The Morgan fingerprint density at radius 1 is 1.12 bits per heavy atom. The Morgan fingerprint density at radius 3 is 2.62 bits per heavy atom. The van der Waals surface area contributed by atoms with E-state index in [1.54, 1.807) is 6.07 Å². The Morgan fingerprint density at radius 2 is 1.88 bits per heavy atom. The van der Waals surface area contributed by atoms with Gasteiger partial charge in [0.25, 0.3) is 0 Å². The van der Waals surface area contributed by atoms with Crippen LogP contribution in [0.3, 0.4) is 0 Å². The molecule has 0 amide bonds. The molecule has 0 unspecified atom stereocenters. The molecule has 2 aliphatic rings. The third-order valence-electron chi connectivity index (χ3n) is 2.51. The summed E-state index contributed by atoms with van der Waals surface area (Å²) in [6, 6.07) is 4.28. The van der Waals surface area contributed by atoms with Crippen LogP contribution in [0.1, 0.15) is 11.1 Å². The van der Waals surface area contributed by atoms with Gasteiger partial charge < -0.3 is 0 Å². The number of halogens is 3. The maximum Gasteiger partial charge on any atom is 0.236 e. The second kappa shape index (κ2) is 3.36. The van der Waals surface area contributed by atoms with E-state index in [0.717, 1.165) is 17.3 Å². The van der Waals surface area contributed by atoms with E-state index in [4.69, 9.17) is 23.2 Å². The molecule has 1 aromatic rings. The van der Waals surface area contributed by atoms with Gasteiger partial charge in [-0.3, -0.25) is 4.79 Å². The summed E-state index contributed by atoms with van der Waals surface area (Å²) in [5.74, 6) is -0.356. The average molecular weight is 273 g/mol. The number of carbonyl (C=O) groups excluding carboxylic acids is 1. The zero-order valence-electron chi connectivity index (χ0n) is 7.68. The van der Waals surface area contributed by atoms with Gasteiger partial charge in [-0.15, -0.1) is 0 Å². The lowest BCUT2D eigenvalue weighted by molar-refractivity contribution is -0.107. The molecule has 16 heavy (non-hydrogen) atoms. The van der Waals surface area contributed by atoms with Gasteiger partial charge in [-0.1, -0.05) is 29.3 Å². The maximum absolute atomic E-state index is 13.1. The molecule has 0 bridgehead atoms. The molecule has 1 heterocycles. The standard InChI is InChI=1S/C11H3Cl2FOS/c12-8-6-3-4(14)1-2-5(6)7-9(13)11(15)16-10(7)8/h1-3H. The molecule has 5 heteroatoms. The quantitative estimate of drug-likeness (QED) is 0.711. The van der Waals surface area contributed by atoms with Gasteiger partial charge in [0, 0.05) is 16.0 Å². The van der Waals surface area contributed by atoms with E-state index >= 15 is 0 Å². The number of fused-ring (bicyclic) bond motifs is 3. The van der Waals surface area contributed by atoms with Crippen LogP contribution in [0.4, 0.5) is 4.39 Å². The first kappa shape index (κ1) is 10.4. The monoisotopic (exact) mass is 272 g/mol. The summed E-state index contributed by atoms with van der Waals surface area (Å²) in [7, 11) is 0. The number of benzene rings is 1. The summed E-state index contributed by atoms with van der Waals surface area (Å²) in [6.07, 6.45) is 0. The molecular formula is C11H3Cl2FOS. The molecule has 0 radical (unpaired) electrons. The smallest absolute Gasteiger partial charge is 0.236 e. The molecule has 0 saturated carbocycles. The third kappa shape index (κ3) is 1.22. The number of hydrogen-bond donors (Lipinski definition) is 0. The molecule has 1 aliphatic heterocycles. The molecule has 1 aromatic carbocycles. The Labute approximate surface area is 105 Å². The van der Waals surface area contributed by atoms with E-state index in [2.05, 4.69) is 0 Å². The van der Waals surface area contributed by atoms with E-state index < -0.39 is 0 Å². The lowest BCUT2D eigenvalue weighted by Crippen LogP contribution is -1.88. The first-order valence-electron chi connectivity index (χ1n) is 4.42. The van der Waals surface area contributed by atoms with Crippen molar-refractivity contribution in [3.63, 3.8) is 0 Å². The fourth-order valence-corrected chi connectivity index (χ4v) is 3.45. The fraction of sp³-hybridized carbons (Fsp3) is 0. The van der Waals surface area contributed by atoms with Crippen LogP contribution >= 0.6 is 35.0 Å². The molecule has 0 aromatic heterocycles. The van der Waals surface area contributed by atoms with E-state index in [1.165, 1.54) is 12.1 Å². The van der Waals surface area contributed by atoms with Crippen LogP contribution in [0.15, 0.2) is 28.1 Å². The number of rotatable bonds is 0. The van der Waals surface area contributed by atoms with Gasteiger partial charge in [0.15, 0.2) is 0 Å². The molecule has 3 rings (SSSR count). The van der Waals surface area contributed by atoms with Gasteiger partial charge in [-0.2, -0.15) is 0 Å². The normalized spacial score (nSPS) is 18.3. The summed E-state index contributed by atoms with van der Waals surface area (Å²) in [4.78, 5) is 12.1. The Bertz CT molecular complexity index is 604. The third-order valence-corrected chi connectivity index (χ3v) is 4.49. The first-order chi connectivity index (χ1) is 7.59. The summed E-state index contributed by atoms with van der Waals surface area (Å²) in [5.41, 5.74) is 1.96. The van der Waals surface area contributed by atoms with Crippen molar-refractivity contribution < 1.29 is 9.18 Å². The average Bonchev–Trinajstić information content (AvgIpc) is 2.68. The van der Waals surface area contributed by atoms with Gasteiger partial charge in [-0.25, -0.2) is 4.39 Å². The van der Waals surface area contributed by atoms with E-state index in [1.807, 2.05) is 0 Å². The van der Waals surface area contributed by atoms with Crippen LogP contribution in [-0.4, -0.2) is 5.12 Å². The highest BCUT2D eigenvalue weighted by Crippen LogP contribution is 2.55. The van der Waals surface area contributed by atoms with Crippen molar-refractivity contribution in [1.29, 1.82) is 0 Å². The first-order valence-corrected chi connectivity index (χ1v) is 5.99. The van der Waals surface area contributed by atoms with Crippen molar-refractivity contribution in [3.8, 4) is 0 Å². The van der Waals surface area contributed by atoms with Crippen LogP contribution in [0.5, 0.6) is 0 Å². The second-order valence-electron chi connectivity index (χ2n) is 3.41. The number of allylic oxidation sites excluding steroid dienone is 1. The van der Waals surface area contributed by atoms with Gasteiger partial charge in [-0.05, 0) is 29.5 Å². The van der Waals surface area contributed by atoms with Crippen LogP contribution in [0, 0.1) is 5.82 Å². The summed E-state index contributed by atoms with van der Waals surface area (Å²) in [6.45, 7) is 0. The van der Waals surface area contributed by atoms with Crippen LogP contribution in [0.2, 0.25) is 0 Å². The predicted octanol–water partition coefficient (Wildman–Crippen LogP) is 3.97. The molecular weight excluding hydrogens is 270 g/mol. The molecule has 1 nitrogen and oxygen atoms in total. The number of thioether (sulfide) groups is 1. The molecule has 0 atom stereocenters. The lowest BCUT2D eigenvalue weighted by atomic mass is 10.1. The van der Waals surface area contributed by atoms with Gasteiger partial charge >= 0.3 is 0 Å². The van der Waals surface area contributed by atoms with Crippen LogP contribution in [0.25, 0.3) is 10.6 Å². The largest absolute Gasteiger partial charge is 0.280 e. The van der Waals surface area contributed by atoms with Gasteiger partial charge in [0.05, 0.1) is 5.03 Å². The summed E-state index contributed by atoms with van der Waals surface area (Å²) < 4.78 is 13.1. The highest BCUT2D eigenvalue weighted by molar-refractivity contribution is 8.18. The Hall–Kier alpha value is -0.770. The molecule has 80 valence electrons. The highest BCUT2D eigenvalue weighted by Gasteiger charge is 2.37. The van der Waals surface area contributed by atoms with Crippen LogP contribution < -0.4 is 0 Å². The molecule has 0 fully saturated rings. The van der Waals surface area contributed by atoms with Gasteiger partial charge in [0.1, 0.15) is 10.8 Å². The zero-order valence-corrected chi connectivity index (χ0v) is 10.0. The molecule has 0 spiro atoms. The second-order valence-corrected chi connectivity index (χ2v) is 5.15. The lowest BCUT2D eigenvalue weighted by Gasteiger charge is -2.01. The Balaban J connectivity index is 2.36. The highest BCUT2D eigenvalue weighted by atomic mass is 35.5. The van der Waals surface area contributed by atoms with Crippen molar-refractivity contribution in [2.45, 2.75) is 0 Å². The Kier molecular flexibility index (Phi) is 2.18. The summed E-state index contributed by atoms with van der Waals surface area (Å²) >= 11 is 13.0. The van der Waals surface area contributed by atoms with E-state index in [0.29, 0.717) is 21.1 Å². The zero-order chi connectivity index (χ0) is 11.4. The maximum atomic E-state index is 13.1. The van der Waals surface area contributed by atoms with Crippen molar-refractivity contribution in [2.75, 3.05) is 0 Å². The van der Waals surface area contributed by atoms with Gasteiger partial charge in [0.2, 0.25) is 5.12 Å². The van der Waals surface area contributed by atoms with Crippen molar-refractivity contribution >= 4 is 50.7 Å². The number of carbonyl (C=O) groups is 1.